The van der Waals surface area contributed by atoms with Gasteiger partial charge in [-0.25, -0.2) is 0 Å². The Morgan fingerprint density at radius 1 is 1.04 bits per heavy atom. The number of nitrogens with one attached hydrogen (secondary N) is 1. The van der Waals surface area contributed by atoms with Gasteiger partial charge in [-0.05, 0) is 48.5 Å². The van der Waals surface area contributed by atoms with E-state index < -0.39 is 0 Å². The number of methoxy groups -OCH3 is 1. The van der Waals surface area contributed by atoms with Crippen molar-refractivity contribution >= 4 is 11.6 Å². The monoisotopic (exact) mass is 326 g/mol. The molecule has 0 aromatic heterocycles. The molecule has 0 atom stereocenters. The van der Waals surface area contributed by atoms with Gasteiger partial charge in [0.05, 0.1) is 13.5 Å². The van der Waals surface area contributed by atoms with Crippen molar-refractivity contribution in [3.8, 4) is 5.75 Å². The minimum Gasteiger partial charge on any atom is -0.497 e. The van der Waals surface area contributed by atoms with Crippen LogP contribution >= 0.6 is 0 Å². The minimum atomic E-state index is -0.0248. The molecule has 2 aromatic rings. The lowest BCUT2D eigenvalue weighted by atomic mass is 10.1. The number of carbonyl (C=O) groups excluding carboxylic acids is 1. The first-order valence-electron chi connectivity index (χ1n) is 8.38. The van der Waals surface area contributed by atoms with Crippen LogP contribution in [0, 0.1) is 0 Å². The molecular weight excluding hydrogens is 300 g/mol. The van der Waals surface area contributed by atoms with Crippen molar-refractivity contribution in [3.05, 3.63) is 59.7 Å². The number of rotatable bonds is 8. The van der Waals surface area contributed by atoms with Gasteiger partial charge in [0.15, 0.2) is 0 Å². The van der Waals surface area contributed by atoms with Crippen molar-refractivity contribution in [2.75, 3.05) is 25.5 Å². The topological polar surface area (TPSA) is 41.6 Å². The molecule has 0 aliphatic heterocycles. The fourth-order valence-corrected chi connectivity index (χ4v) is 2.63. The van der Waals surface area contributed by atoms with E-state index in [0.29, 0.717) is 6.42 Å². The molecule has 128 valence electrons. The quantitative estimate of drug-likeness (QED) is 0.804. The van der Waals surface area contributed by atoms with Gasteiger partial charge in [0.2, 0.25) is 5.91 Å². The molecule has 2 aromatic carbocycles. The number of ether oxygens (including phenoxy) is 1. The van der Waals surface area contributed by atoms with Gasteiger partial charge in [0.25, 0.3) is 0 Å². The molecule has 4 nitrogen and oxygen atoms in total. The Labute approximate surface area is 144 Å². The van der Waals surface area contributed by atoms with E-state index in [1.807, 2.05) is 42.5 Å². The largest absolute Gasteiger partial charge is 0.497 e. The zero-order valence-corrected chi connectivity index (χ0v) is 14.7. The van der Waals surface area contributed by atoms with E-state index in [-0.39, 0.29) is 5.91 Å². The molecule has 4 heteroatoms. The number of benzene rings is 2. The van der Waals surface area contributed by atoms with Crippen LogP contribution in [0.2, 0.25) is 0 Å². The van der Waals surface area contributed by atoms with Crippen LogP contribution in [0.5, 0.6) is 5.75 Å². The molecule has 0 unspecified atom stereocenters. The summed E-state index contributed by atoms with van der Waals surface area (Å²) in [6.07, 6.45) is 0.331. The number of hydrogen-bond acceptors (Lipinski definition) is 3. The van der Waals surface area contributed by atoms with Gasteiger partial charge in [-0.15, -0.1) is 0 Å². The molecule has 0 fully saturated rings. The summed E-state index contributed by atoms with van der Waals surface area (Å²) >= 11 is 0. The lowest BCUT2D eigenvalue weighted by Gasteiger charge is -2.18. The first-order chi connectivity index (χ1) is 11.6. The zero-order chi connectivity index (χ0) is 17.4. The second-order valence-corrected chi connectivity index (χ2v) is 5.74. The van der Waals surface area contributed by atoms with Gasteiger partial charge in [0, 0.05) is 12.2 Å². The van der Waals surface area contributed by atoms with Crippen molar-refractivity contribution in [1.29, 1.82) is 0 Å². The number of amides is 1. The van der Waals surface area contributed by atoms with E-state index >= 15 is 0 Å². The molecule has 1 N–H and O–H groups in total. The normalized spacial score (nSPS) is 10.7. The second-order valence-electron chi connectivity index (χ2n) is 5.74. The molecule has 2 rings (SSSR count). The number of anilines is 1. The second kappa shape index (κ2) is 9.08. The number of hydrogen-bond donors (Lipinski definition) is 1. The van der Waals surface area contributed by atoms with E-state index in [9.17, 15) is 4.79 Å². The van der Waals surface area contributed by atoms with E-state index in [1.165, 1.54) is 5.56 Å². The Morgan fingerprint density at radius 3 is 2.46 bits per heavy atom. The lowest BCUT2D eigenvalue weighted by Crippen LogP contribution is -2.22. The van der Waals surface area contributed by atoms with E-state index in [1.54, 1.807) is 7.11 Å². The Morgan fingerprint density at radius 2 is 1.75 bits per heavy atom. The summed E-state index contributed by atoms with van der Waals surface area (Å²) in [6, 6.07) is 15.6. The summed E-state index contributed by atoms with van der Waals surface area (Å²) in [5.74, 6) is 0.741. The molecular formula is C20H26N2O2. The minimum absolute atomic E-state index is 0.0248. The maximum Gasteiger partial charge on any atom is 0.228 e. The molecule has 24 heavy (non-hydrogen) atoms. The Bertz CT molecular complexity index is 666. The van der Waals surface area contributed by atoms with Crippen LogP contribution < -0.4 is 10.1 Å². The van der Waals surface area contributed by atoms with Crippen molar-refractivity contribution in [1.82, 2.24) is 4.90 Å². The Hall–Kier alpha value is -2.33. The third kappa shape index (κ3) is 5.39. The summed E-state index contributed by atoms with van der Waals surface area (Å²) in [5.41, 5.74) is 2.98. The molecule has 0 spiro atoms. The average molecular weight is 326 g/mol. The average Bonchev–Trinajstić information content (AvgIpc) is 2.60. The molecule has 0 aliphatic rings. The van der Waals surface area contributed by atoms with Crippen LogP contribution in [0.1, 0.15) is 25.0 Å². The van der Waals surface area contributed by atoms with Crippen LogP contribution in [0.4, 0.5) is 5.69 Å². The first kappa shape index (κ1) is 18.0. The van der Waals surface area contributed by atoms with Crippen molar-refractivity contribution in [2.24, 2.45) is 0 Å². The fourth-order valence-electron chi connectivity index (χ4n) is 2.63. The van der Waals surface area contributed by atoms with Crippen molar-refractivity contribution < 1.29 is 9.53 Å². The van der Waals surface area contributed by atoms with Gasteiger partial charge in [0.1, 0.15) is 5.75 Å². The molecule has 0 saturated heterocycles. The third-order valence-corrected chi connectivity index (χ3v) is 4.01. The highest BCUT2D eigenvalue weighted by Crippen LogP contribution is 2.15. The van der Waals surface area contributed by atoms with Crippen LogP contribution in [0.3, 0.4) is 0 Å². The number of nitrogens with zero attached hydrogens (tertiary/aromatic N) is 1. The summed E-state index contributed by atoms with van der Waals surface area (Å²) in [7, 11) is 1.63. The van der Waals surface area contributed by atoms with Gasteiger partial charge in [-0.1, -0.05) is 38.1 Å². The molecule has 1 amide bonds. The summed E-state index contributed by atoms with van der Waals surface area (Å²) < 4.78 is 5.19. The Kier molecular flexibility index (Phi) is 6.82. The standard InChI is InChI=1S/C20H26N2O2/c1-4-22(5-2)15-17-9-6-10-18(12-17)21-20(23)14-16-8-7-11-19(13-16)24-3/h6-13H,4-5,14-15H2,1-3H3,(H,21,23). The van der Waals surface area contributed by atoms with E-state index in [2.05, 4.69) is 30.1 Å². The Balaban J connectivity index is 1.98. The van der Waals surface area contributed by atoms with E-state index in [0.717, 1.165) is 36.6 Å². The van der Waals surface area contributed by atoms with Gasteiger partial charge in [-0.3, -0.25) is 9.69 Å². The molecule has 0 heterocycles. The summed E-state index contributed by atoms with van der Waals surface area (Å²) in [4.78, 5) is 14.6. The SMILES string of the molecule is CCN(CC)Cc1cccc(NC(=O)Cc2cccc(OC)c2)c1. The van der Waals surface area contributed by atoms with Crippen molar-refractivity contribution in [2.45, 2.75) is 26.8 Å². The van der Waals surface area contributed by atoms with Gasteiger partial charge in [-0.2, -0.15) is 0 Å². The predicted octanol–water partition coefficient (Wildman–Crippen LogP) is 3.72. The summed E-state index contributed by atoms with van der Waals surface area (Å²) in [5, 5.41) is 2.98. The smallest absolute Gasteiger partial charge is 0.228 e. The zero-order valence-electron chi connectivity index (χ0n) is 14.7. The molecule has 0 bridgehead atoms. The highest BCUT2D eigenvalue weighted by atomic mass is 16.5. The van der Waals surface area contributed by atoms with Crippen LogP contribution in [0.25, 0.3) is 0 Å². The van der Waals surface area contributed by atoms with Crippen LogP contribution in [0.15, 0.2) is 48.5 Å². The highest BCUT2D eigenvalue weighted by Gasteiger charge is 2.07. The maximum atomic E-state index is 12.3. The number of carbonyl (C=O) groups is 1. The lowest BCUT2D eigenvalue weighted by molar-refractivity contribution is -0.115. The molecule has 0 aliphatic carbocycles. The highest BCUT2D eigenvalue weighted by molar-refractivity contribution is 5.92. The molecule has 0 saturated carbocycles. The van der Waals surface area contributed by atoms with Crippen molar-refractivity contribution in [3.63, 3.8) is 0 Å². The maximum absolute atomic E-state index is 12.3. The van der Waals surface area contributed by atoms with Crippen LogP contribution in [-0.2, 0) is 17.8 Å². The third-order valence-electron chi connectivity index (χ3n) is 4.01. The van der Waals surface area contributed by atoms with E-state index in [4.69, 9.17) is 4.74 Å². The fraction of sp³-hybridized carbons (Fsp3) is 0.350. The summed E-state index contributed by atoms with van der Waals surface area (Å²) in [6.45, 7) is 7.24. The molecule has 0 radical (unpaired) electrons. The first-order valence-corrected chi connectivity index (χ1v) is 8.38. The van der Waals surface area contributed by atoms with Gasteiger partial charge >= 0.3 is 0 Å². The van der Waals surface area contributed by atoms with Crippen LogP contribution in [-0.4, -0.2) is 31.0 Å². The predicted molar refractivity (Wildman–Crippen MR) is 98.4 cm³/mol. The van der Waals surface area contributed by atoms with Gasteiger partial charge < -0.3 is 10.1 Å².